The number of alkyl halides is 3. The highest BCUT2D eigenvalue weighted by Gasteiger charge is 2.38. The summed E-state index contributed by atoms with van der Waals surface area (Å²) in [5.41, 5.74) is 3.22. The van der Waals surface area contributed by atoms with E-state index in [4.69, 9.17) is 9.90 Å². The van der Waals surface area contributed by atoms with Gasteiger partial charge in [0.05, 0.1) is 30.3 Å². The zero-order valence-electron chi connectivity index (χ0n) is 16.2. The summed E-state index contributed by atoms with van der Waals surface area (Å²) in [6, 6.07) is 3.92. The lowest BCUT2D eigenvalue weighted by atomic mass is 10.2. The van der Waals surface area contributed by atoms with Crippen LogP contribution < -0.4 is 0 Å². The first-order chi connectivity index (χ1) is 14.7. The third-order valence-corrected chi connectivity index (χ3v) is 4.35. The Balaban J connectivity index is 0.000000339. The Bertz CT molecular complexity index is 1070. The average Bonchev–Trinajstić information content (AvgIpc) is 3.17. The number of amides is 1. The molecule has 0 saturated carbocycles. The third-order valence-electron chi connectivity index (χ3n) is 4.35. The number of hydrogen-bond donors (Lipinski definition) is 1. The Hall–Kier alpha value is -3.83. The van der Waals surface area contributed by atoms with Gasteiger partial charge in [-0.1, -0.05) is 0 Å². The van der Waals surface area contributed by atoms with Crippen LogP contribution in [0.25, 0.3) is 11.3 Å². The van der Waals surface area contributed by atoms with Gasteiger partial charge >= 0.3 is 12.1 Å². The van der Waals surface area contributed by atoms with Gasteiger partial charge in [-0.3, -0.25) is 14.8 Å². The van der Waals surface area contributed by atoms with E-state index in [2.05, 4.69) is 24.5 Å². The minimum absolute atomic E-state index is 0.111. The monoisotopic (exact) mass is 434 g/mol. The summed E-state index contributed by atoms with van der Waals surface area (Å²) in [5.74, 6) is -2.00. The highest BCUT2D eigenvalue weighted by Crippen LogP contribution is 2.23. The number of carboxylic acid groups (broad SMARTS) is 1. The summed E-state index contributed by atoms with van der Waals surface area (Å²) in [4.78, 5) is 40.2. The highest BCUT2D eigenvalue weighted by atomic mass is 19.4. The van der Waals surface area contributed by atoms with Crippen molar-refractivity contribution in [3.63, 3.8) is 0 Å². The van der Waals surface area contributed by atoms with Gasteiger partial charge in [0.15, 0.2) is 0 Å². The maximum Gasteiger partial charge on any atom is 0.490 e. The van der Waals surface area contributed by atoms with Crippen LogP contribution >= 0.6 is 0 Å². The Kier molecular flexibility index (Phi) is 6.28. The predicted molar refractivity (Wildman–Crippen MR) is 101 cm³/mol. The number of imidazole rings is 1. The van der Waals surface area contributed by atoms with Crippen molar-refractivity contribution in [2.75, 3.05) is 6.54 Å². The molecule has 0 unspecified atom stereocenters. The van der Waals surface area contributed by atoms with Crippen LogP contribution in [0, 0.1) is 6.92 Å². The molecule has 0 saturated heterocycles. The summed E-state index contributed by atoms with van der Waals surface area (Å²) in [5, 5.41) is 7.12. The fourth-order valence-electron chi connectivity index (χ4n) is 2.84. The number of carbonyl (C=O) groups excluding carboxylic acids is 1. The Labute approximate surface area is 174 Å². The van der Waals surface area contributed by atoms with Gasteiger partial charge in [0, 0.05) is 37.2 Å². The van der Waals surface area contributed by atoms with E-state index in [0.29, 0.717) is 25.3 Å². The van der Waals surface area contributed by atoms with Gasteiger partial charge in [-0.15, -0.1) is 0 Å². The molecule has 0 spiro atoms. The fraction of sp³-hybridized carbons (Fsp3) is 0.263. The molecule has 3 aromatic heterocycles. The van der Waals surface area contributed by atoms with Crippen LogP contribution in [0.4, 0.5) is 13.2 Å². The summed E-state index contributed by atoms with van der Waals surface area (Å²) in [6.45, 7) is 3.63. The first kappa shape index (κ1) is 21.9. The van der Waals surface area contributed by atoms with Crippen LogP contribution in [0.2, 0.25) is 0 Å². The number of aromatic nitrogens is 5. The van der Waals surface area contributed by atoms with Crippen LogP contribution in [0.15, 0.2) is 43.1 Å². The molecule has 0 aliphatic carbocycles. The maximum absolute atomic E-state index is 12.6. The number of aryl methyl sites for hydroxylation is 1. The van der Waals surface area contributed by atoms with E-state index < -0.39 is 12.1 Å². The molecule has 1 aliphatic rings. The molecular formula is C19H17F3N6O3. The van der Waals surface area contributed by atoms with E-state index in [1.807, 2.05) is 31.5 Å². The minimum Gasteiger partial charge on any atom is -0.475 e. The first-order valence-electron chi connectivity index (χ1n) is 8.99. The van der Waals surface area contributed by atoms with Crippen molar-refractivity contribution in [3.8, 4) is 11.3 Å². The highest BCUT2D eigenvalue weighted by molar-refractivity contribution is 5.92. The normalized spacial score (nSPS) is 13.1. The predicted octanol–water partition coefficient (Wildman–Crippen LogP) is 2.33. The average molecular weight is 434 g/mol. The summed E-state index contributed by atoms with van der Waals surface area (Å²) < 4.78 is 33.9. The summed E-state index contributed by atoms with van der Waals surface area (Å²) in [7, 11) is 0. The number of pyridine rings is 1. The molecule has 1 aliphatic heterocycles. The van der Waals surface area contributed by atoms with Crippen molar-refractivity contribution in [2.45, 2.75) is 26.2 Å². The minimum atomic E-state index is -5.08. The summed E-state index contributed by atoms with van der Waals surface area (Å²) >= 11 is 0. The second kappa shape index (κ2) is 8.90. The number of rotatable bonds is 2. The van der Waals surface area contributed by atoms with E-state index in [-0.39, 0.29) is 5.91 Å². The Morgan fingerprint density at radius 2 is 1.81 bits per heavy atom. The molecule has 1 N–H and O–H groups in total. The summed E-state index contributed by atoms with van der Waals surface area (Å²) in [6.07, 6.45) is 3.47. The number of fused-ring (bicyclic) bond motifs is 1. The first-order valence-corrected chi connectivity index (χ1v) is 8.99. The van der Waals surface area contributed by atoms with Crippen LogP contribution in [0.5, 0.6) is 0 Å². The van der Waals surface area contributed by atoms with Gasteiger partial charge in [-0.05, 0) is 19.1 Å². The molecule has 4 rings (SSSR count). The molecule has 0 fully saturated rings. The second-order valence-corrected chi connectivity index (χ2v) is 6.53. The number of hydrogen-bond acceptors (Lipinski definition) is 6. The van der Waals surface area contributed by atoms with Gasteiger partial charge in [-0.25, -0.2) is 14.8 Å². The van der Waals surface area contributed by atoms with E-state index >= 15 is 0 Å². The lowest BCUT2D eigenvalue weighted by molar-refractivity contribution is -0.192. The molecule has 0 aromatic carbocycles. The molecule has 0 radical (unpaired) electrons. The smallest absolute Gasteiger partial charge is 0.475 e. The van der Waals surface area contributed by atoms with Crippen molar-refractivity contribution in [2.24, 2.45) is 0 Å². The molecular weight excluding hydrogens is 417 g/mol. The van der Waals surface area contributed by atoms with Crippen molar-refractivity contribution in [1.82, 2.24) is 29.4 Å². The molecule has 9 nitrogen and oxygen atoms in total. The van der Waals surface area contributed by atoms with Crippen LogP contribution in [0.1, 0.15) is 22.0 Å². The van der Waals surface area contributed by atoms with E-state index in [1.165, 1.54) is 6.20 Å². The third kappa shape index (κ3) is 5.21. The topological polar surface area (TPSA) is 114 Å². The molecule has 4 heterocycles. The zero-order chi connectivity index (χ0) is 22.6. The van der Waals surface area contributed by atoms with Crippen LogP contribution in [0.3, 0.4) is 0 Å². The second-order valence-electron chi connectivity index (χ2n) is 6.53. The quantitative estimate of drug-likeness (QED) is 0.658. The van der Waals surface area contributed by atoms with E-state index in [0.717, 1.165) is 22.8 Å². The van der Waals surface area contributed by atoms with Crippen molar-refractivity contribution < 1.29 is 27.9 Å². The molecule has 0 bridgehead atoms. The van der Waals surface area contributed by atoms with E-state index in [1.54, 1.807) is 17.3 Å². The fourth-order valence-corrected chi connectivity index (χ4v) is 2.84. The molecule has 0 atom stereocenters. The van der Waals surface area contributed by atoms with Gasteiger partial charge in [0.2, 0.25) is 0 Å². The van der Waals surface area contributed by atoms with Crippen LogP contribution in [-0.2, 0) is 17.9 Å². The SMILES string of the molecule is Cc1cnc(C(=O)N2CCn3c(-c4cccnc4)cnc3C2)cn1.O=C(O)C(F)(F)F. The van der Waals surface area contributed by atoms with Gasteiger partial charge in [-0.2, -0.15) is 13.2 Å². The Morgan fingerprint density at radius 3 is 2.39 bits per heavy atom. The molecule has 31 heavy (non-hydrogen) atoms. The van der Waals surface area contributed by atoms with Crippen molar-refractivity contribution >= 4 is 11.9 Å². The lowest BCUT2D eigenvalue weighted by Gasteiger charge is -2.28. The molecule has 1 amide bonds. The maximum atomic E-state index is 12.6. The number of carboxylic acids is 1. The van der Waals surface area contributed by atoms with Crippen molar-refractivity contribution in [3.05, 3.63) is 60.3 Å². The number of halogens is 3. The lowest BCUT2D eigenvalue weighted by Crippen LogP contribution is -2.39. The van der Waals surface area contributed by atoms with Crippen LogP contribution in [-0.4, -0.2) is 59.1 Å². The van der Waals surface area contributed by atoms with Crippen molar-refractivity contribution in [1.29, 1.82) is 0 Å². The number of carbonyl (C=O) groups is 2. The molecule has 162 valence electrons. The van der Waals surface area contributed by atoms with E-state index in [9.17, 15) is 18.0 Å². The molecule has 12 heteroatoms. The van der Waals surface area contributed by atoms with Gasteiger partial charge < -0.3 is 14.6 Å². The number of nitrogens with zero attached hydrogens (tertiary/aromatic N) is 6. The van der Waals surface area contributed by atoms with Gasteiger partial charge in [0.1, 0.15) is 11.5 Å². The van der Waals surface area contributed by atoms with Gasteiger partial charge in [0.25, 0.3) is 5.91 Å². The largest absolute Gasteiger partial charge is 0.490 e. The Morgan fingerprint density at radius 1 is 1.06 bits per heavy atom. The number of aliphatic carboxylic acids is 1. The zero-order valence-corrected chi connectivity index (χ0v) is 16.2. The molecule has 3 aromatic rings. The standard InChI is InChI=1S/C17H16N6O.C2HF3O2/c1-12-7-20-14(9-19-12)17(24)22-5-6-23-15(10-21-16(23)11-22)13-3-2-4-18-8-13;3-2(4,5)1(6)7/h2-4,7-10H,5-6,11H2,1H3;(H,6,7).